The molecule has 0 bridgehead atoms. The van der Waals surface area contributed by atoms with E-state index in [1.165, 1.54) is 32.2 Å². The van der Waals surface area contributed by atoms with E-state index in [1.54, 1.807) is 0 Å². The van der Waals surface area contributed by atoms with Crippen molar-refractivity contribution in [3.05, 3.63) is 0 Å². The molecule has 0 saturated heterocycles. The molecule has 1 atom stereocenters. The Kier molecular flexibility index (Phi) is 2.37. The van der Waals surface area contributed by atoms with Gasteiger partial charge in [0, 0.05) is 18.6 Å². The molecule has 0 aliphatic heterocycles. The summed E-state index contributed by atoms with van der Waals surface area (Å²) in [4.78, 5) is 2.56. The summed E-state index contributed by atoms with van der Waals surface area (Å²) in [6, 6.07) is 1.35. The van der Waals surface area contributed by atoms with Gasteiger partial charge in [0.1, 0.15) is 0 Å². The van der Waals surface area contributed by atoms with Gasteiger partial charge in [0.15, 0.2) is 0 Å². The third-order valence-electron chi connectivity index (χ3n) is 3.14. The number of nitrogens with two attached hydrogens (primary N) is 1. The molecule has 2 aliphatic rings. The Morgan fingerprint density at radius 2 is 2.00 bits per heavy atom. The summed E-state index contributed by atoms with van der Waals surface area (Å²) in [5.74, 6) is 0.859. The van der Waals surface area contributed by atoms with Crippen LogP contribution in [0.15, 0.2) is 0 Å². The van der Waals surface area contributed by atoms with Crippen LogP contribution in [0.2, 0.25) is 0 Å². The monoisotopic (exact) mass is 168 g/mol. The summed E-state index contributed by atoms with van der Waals surface area (Å²) in [5, 5.41) is 0. The lowest BCUT2D eigenvalue weighted by Gasteiger charge is -2.23. The standard InChI is InChI=1S/C10H20N2/c1-2-12(9-5-6-9)7-10(11)8-3-4-8/h8-10H,2-7,11H2,1H3. The topological polar surface area (TPSA) is 29.3 Å². The van der Waals surface area contributed by atoms with Crippen LogP contribution in [0.1, 0.15) is 32.6 Å². The van der Waals surface area contributed by atoms with Crippen LogP contribution in [-0.2, 0) is 0 Å². The van der Waals surface area contributed by atoms with Gasteiger partial charge in [0.25, 0.3) is 0 Å². The van der Waals surface area contributed by atoms with Crippen LogP contribution in [0.3, 0.4) is 0 Å². The largest absolute Gasteiger partial charge is 0.326 e. The van der Waals surface area contributed by atoms with E-state index in [1.807, 2.05) is 0 Å². The molecule has 0 radical (unpaired) electrons. The van der Waals surface area contributed by atoms with Crippen LogP contribution in [0.5, 0.6) is 0 Å². The van der Waals surface area contributed by atoms with Crippen molar-refractivity contribution in [1.29, 1.82) is 0 Å². The third kappa shape index (κ3) is 1.99. The lowest BCUT2D eigenvalue weighted by Crippen LogP contribution is -2.39. The molecule has 0 aromatic rings. The maximum Gasteiger partial charge on any atom is 0.0196 e. The van der Waals surface area contributed by atoms with Crippen LogP contribution in [0.4, 0.5) is 0 Å². The van der Waals surface area contributed by atoms with Gasteiger partial charge in [-0.2, -0.15) is 0 Å². The number of rotatable bonds is 5. The van der Waals surface area contributed by atoms with Crippen molar-refractivity contribution in [1.82, 2.24) is 4.90 Å². The summed E-state index contributed by atoms with van der Waals surface area (Å²) >= 11 is 0. The quantitative estimate of drug-likeness (QED) is 0.668. The predicted octanol–water partition coefficient (Wildman–Crippen LogP) is 1.21. The van der Waals surface area contributed by atoms with Gasteiger partial charge in [0.05, 0.1) is 0 Å². The van der Waals surface area contributed by atoms with E-state index in [-0.39, 0.29) is 0 Å². The van der Waals surface area contributed by atoms with Crippen molar-refractivity contribution in [2.45, 2.75) is 44.7 Å². The molecule has 1 unspecified atom stereocenters. The fraction of sp³-hybridized carbons (Fsp3) is 1.00. The summed E-state index contributed by atoms with van der Waals surface area (Å²) in [6.45, 7) is 4.58. The molecule has 12 heavy (non-hydrogen) atoms. The number of hydrogen-bond donors (Lipinski definition) is 1. The van der Waals surface area contributed by atoms with Crippen LogP contribution >= 0.6 is 0 Å². The second-order valence-corrected chi connectivity index (χ2v) is 4.32. The Balaban J connectivity index is 1.73. The van der Waals surface area contributed by atoms with Gasteiger partial charge >= 0.3 is 0 Å². The highest BCUT2D eigenvalue weighted by Gasteiger charge is 2.33. The number of hydrogen-bond acceptors (Lipinski definition) is 2. The van der Waals surface area contributed by atoms with Crippen molar-refractivity contribution in [3.63, 3.8) is 0 Å². The minimum absolute atomic E-state index is 0.463. The molecule has 0 amide bonds. The average Bonchev–Trinajstić information content (AvgIpc) is 2.89. The first-order chi connectivity index (χ1) is 5.81. The van der Waals surface area contributed by atoms with Crippen LogP contribution in [0, 0.1) is 5.92 Å². The van der Waals surface area contributed by atoms with E-state index in [0.717, 1.165) is 18.5 Å². The summed E-state index contributed by atoms with van der Waals surface area (Å²) in [7, 11) is 0. The predicted molar refractivity (Wildman–Crippen MR) is 51.0 cm³/mol. The fourth-order valence-electron chi connectivity index (χ4n) is 1.92. The molecule has 2 saturated carbocycles. The molecule has 0 heterocycles. The van der Waals surface area contributed by atoms with Gasteiger partial charge in [-0.1, -0.05) is 6.92 Å². The highest BCUT2D eigenvalue weighted by atomic mass is 15.2. The summed E-state index contributed by atoms with van der Waals surface area (Å²) < 4.78 is 0. The van der Waals surface area contributed by atoms with Crippen LogP contribution in [-0.4, -0.2) is 30.1 Å². The zero-order valence-electron chi connectivity index (χ0n) is 8.00. The number of likely N-dealkylation sites (N-methyl/N-ethyl adjacent to an activating group) is 1. The van der Waals surface area contributed by atoms with E-state index in [2.05, 4.69) is 11.8 Å². The fourth-order valence-corrected chi connectivity index (χ4v) is 1.92. The third-order valence-corrected chi connectivity index (χ3v) is 3.14. The highest BCUT2D eigenvalue weighted by molar-refractivity contribution is 4.90. The first-order valence-electron chi connectivity index (χ1n) is 5.31. The molecule has 0 spiro atoms. The van der Waals surface area contributed by atoms with Crippen molar-refractivity contribution in [2.75, 3.05) is 13.1 Å². The Morgan fingerprint density at radius 1 is 1.33 bits per heavy atom. The normalized spacial score (nSPS) is 26.2. The molecular formula is C10H20N2. The molecule has 2 N–H and O–H groups in total. The SMILES string of the molecule is CCN(CC(N)C1CC1)C1CC1. The summed E-state index contributed by atoms with van der Waals surface area (Å²) in [5.41, 5.74) is 6.08. The molecule has 2 aliphatic carbocycles. The molecule has 70 valence electrons. The molecule has 2 fully saturated rings. The Hall–Kier alpha value is -0.0800. The van der Waals surface area contributed by atoms with Crippen molar-refractivity contribution >= 4 is 0 Å². The molecule has 2 heteroatoms. The van der Waals surface area contributed by atoms with E-state index < -0.39 is 0 Å². The van der Waals surface area contributed by atoms with Gasteiger partial charge < -0.3 is 5.73 Å². The zero-order chi connectivity index (χ0) is 8.55. The lowest BCUT2D eigenvalue weighted by molar-refractivity contribution is 0.251. The molecule has 2 rings (SSSR count). The maximum absolute atomic E-state index is 6.08. The first-order valence-corrected chi connectivity index (χ1v) is 5.31. The Morgan fingerprint density at radius 3 is 2.42 bits per heavy atom. The van der Waals surface area contributed by atoms with E-state index >= 15 is 0 Å². The molecule has 2 nitrogen and oxygen atoms in total. The number of nitrogens with zero attached hydrogens (tertiary/aromatic N) is 1. The second-order valence-electron chi connectivity index (χ2n) is 4.32. The lowest BCUT2D eigenvalue weighted by atomic mass is 10.2. The summed E-state index contributed by atoms with van der Waals surface area (Å²) in [6.07, 6.45) is 5.57. The zero-order valence-corrected chi connectivity index (χ0v) is 8.00. The van der Waals surface area contributed by atoms with Gasteiger partial charge in [-0.3, -0.25) is 4.90 Å². The van der Waals surface area contributed by atoms with Crippen molar-refractivity contribution in [3.8, 4) is 0 Å². The molecule has 0 aromatic heterocycles. The van der Waals surface area contributed by atoms with Crippen molar-refractivity contribution in [2.24, 2.45) is 11.7 Å². The first kappa shape index (κ1) is 8.52. The minimum atomic E-state index is 0.463. The molecule has 0 aromatic carbocycles. The Labute approximate surface area is 75.1 Å². The maximum atomic E-state index is 6.08. The highest BCUT2D eigenvalue weighted by Crippen LogP contribution is 2.33. The minimum Gasteiger partial charge on any atom is -0.326 e. The average molecular weight is 168 g/mol. The van der Waals surface area contributed by atoms with E-state index in [4.69, 9.17) is 5.73 Å². The van der Waals surface area contributed by atoms with Crippen molar-refractivity contribution < 1.29 is 0 Å². The van der Waals surface area contributed by atoms with Gasteiger partial charge in [-0.15, -0.1) is 0 Å². The van der Waals surface area contributed by atoms with E-state index in [9.17, 15) is 0 Å². The molecular weight excluding hydrogens is 148 g/mol. The Bertz CT molecular complexity index is 150. The van der Waals surface area contributed by atoms with Gasteiger partial charge in [-0.25, -0.2) is 0 Å². The van der Waals surface area contributed by atoms with Gasteiger partial charge in [0.2, 0.25) is 0 Å². The van der Waals surface area contributed by atoms with Crippen LogP contribution < -0.4 is 5.73 Å². The van der Waals surface area contributed by atoms with Crippen LogP contribution in [0.25, 0.3) is 0 Å². The van der Waals surface area contributed by atoms with Gasteiger partial charge in [-0.05, 0) is 38.1 Å². The second kappa shape index (κ2) is 3.35. The van der Waals surface area contributed by atoms with E-state index in [0.29, 0.717) is 6.04 Å². The smallest absolute Gasteiger partial charge is 0.0196 e.